The molecule has 0 unspecified atom stereocenters. The molecule has 6 nitrogen and oxygen atoms in total. The summed E-state index contributed by atoms with van der Waals surface area (Å²) in [5, 5.41) is 3.08. The summed E-state index contributed by atoms with van der Waals surface area (Å²) in [4.78, 5) is 13.9. The van der Waals surface area contributed by atoms with Gasteiger partial charge >= 0.3 is 22.3 Å². The number of halogens is 3. The van der Waals surface area contributed by atoms with Gasteiger partial charge < -0.3 is 14.4 Å². The maximum atomic E-state index is 13.0. The van der Waals surface area contributed by atoms with Crippen molar-refractivity contribution < 1.29 is 30.6 Å². The van der Waals surface area contributed by atoms with Crippen LogP contribution in [0.1, 0.15) is 57.1 Å². The molecule has 1 fully saturated rings. The van der Waals surface area contributed by atoms with Crippen molar-refractivity contribution in [3.05, 3.63) is 59.7 Å². The van der Waals surface area contributed by atoms with Crippen LogP contribution in [0.3, 0.4) is 0 Å². The normalized spacial score (nSPS) is 15.2. The summed E-state index contributed by atoms with van der Waals surface area (Å²) in [6.07, 6.45) is 0.585. The summed E-state index contributed by atoms with van der Waals surface area (Å²) in [5.41, 5.74) is -0.452. The fourth-order valence-electron chi connectivity index (χ4n) is 3.89. The van der Waals surface area contributed by atoms with Gasteiger partial charge in [0.05, 0.1) is 5.56 Å². The van der Waals surface area contributed by atoms with E-state index in [1.54, 1.807) is 17.0 Å². The fourth-order valence-corrected chi connectivity index (χ4v) is 4.86. The number of urea groups is 1. The highest BCUT2D eigenvalue weighted by molar-refractivity contribution is 7.87. The Morgan fingerprint density at radius 1 is 1.09 bits per heavy atom. The second-order valence-corrected chi connectivity index (χ2v) is 10.3. The molecule has 0 saturated heterocycles. The first-order chi connectivity index (χ1) is 16.0. The van der Waals surface area contributed by atoms with Crippen LogP contribution < -0.4 is 9.50 Å². The van der Waals surface area contributed by atoms with Crippen LogP contribution >= 0.6 is 0 Å². The smallest absolute Gasteiger partial charge is 0.379 e. The highest BCUT2D eigenvalue weighted by atomic mass is 32.2. The van der Waals surface area contributed by atoms with E-state index in [1.165, 1.54) is 18.6 Å². The van der Waals surface area contributed by atoms with E-state index < -0.39 is 26.8 Å². The molecule has 0 bridgehead atoms. The molecule has 0 radical (unpaired) electrons. The van der Waals surface area contributed by atoms with Gasteiger partial charge in [-0.15, -0.1) is 0 Å². The molecule has 1 saturated carbocycles. The zero-order valence-electron chi connectivity index (χ0n) is 19.1. The van der Waals surface area contributed by atoms with Gasteiger partial charge in [-0.2, -0.15) is 21.6 Å². The number of rotatable bonds is 7. The van der Waals surface area contributed by atoms with E-state index in [1.807, 2.05) is 13.8 Å². The number of hydrogen-bond acceptors (Lipinski definition) is 4. The zero-order valence-corrected chi connectivity index (χ0v) is 20.0. The van der Waals surface area contributed by atoms with Crippen molar-refractivity contribution in [3.8, 4) is 5.75 Å². The Balaban J connectivity index is 1.73. The number of hydrogen-bond donors (Lipinski definition) is 1. The third-order valence-electron chi connectivity index (χ3n) is 5.72. The minimum Gasteiger partial charge on any atom is -0.379 e. The van der Waals surface area contributed by atoms with Crippen LogP contribution in [0.4, 0.5) is 18.0 Å². The predicted molar refractivity (Wildman–Crippen MR) is 122 cm³/mol. The monoisotopic (exact) mass is 498 g/mol. The maximum absolute atomic E-state index is 13.0. The van der Waals surface area contributed by atoms with Gasteiger partial charge in [0, 0.05) is 18.6 Å². The number of amides is 2. The minimum atomic E-state index is -4.68. The first-order valence-corrected chi connectivity index (χ1v) is 12.6. The minimum absolute atomic E-state index is 0.0497. The molecule has 186 valence electrons. The molecule has 2 aromatic carbocycles. The van der Waals surface area contributed by atoms with Gasteiger partial charge in [-0.1, -0.05) is 37.5 Å². The van der Waals surface area contributed by atoms with Crippen LogP contribution in [-0.2, 0) is 22.8 Å². The lowest BCUT2D eigenvalue weighted by atomic mass is 9.96. The summed E-state index contributed by atoms with van der Waals surface area (Å²) >= 11 is 0. The molecule has 0 spiro atoms. The van der Waals surface area contributed by atoms with E-state index in [2.05, 4.69) is 5.32 Å². The van der Waals surface area contributed by atoms with Crippen LogP contribution in [-0.4, -0.2) is 31.4 Å². The topological polar surface area (TPSA) is 75.7 Å². The first kappa shape index (κ1) is 25.9. The number of nitrogens with one attached hydrogen (secondary N) is 1. The Morgan fingerprint density at radius 2 is 1.76 bits per heavy atom. The van der Waals surface area contributed by atoms with Crippen molar-refractivity contribution in [2.24, 2.45) is 0 Å². The van der Waals surface area contributed by atoms with Crippen LogP contribution in [0.15, 0.2) is 53.4 Å². The number of nitrogens with zero attached hydrogens (tertiary/aromatic N) is 1. The Kier molecular flexibility index (Phi) is 8.12. The quantitative estimate of drug-likeness (QED) is 0.495. The average Bonchev–Trinajstić information content (AvgIpc) is 2.77. The van der Waals surface area contributed by atoms with Gasteiger partial charge in [0.1, 0.15) is 10.6 Å². The zero-order chi connectivity index (χ0) is 24.9. The summed E-state index contributed by atoms with van der Waals surface area (Å²) < 4.78 is 69.2. The van der Waals surface area contributed by atoms with Crippen molar-refractivity contribution in [3.63, 3.8) is 0 Å². The molecule has 34 heavy (non-hydrogen) atoms. The van der Waals surface area contributed by atoms with Crippen LogP contribution in [0.2, 0.25) is 0 Å². The molecule has 3 rings (SSSR count). The number of alkyl halides is 3. The predicted octanol–water partition coefficient (Wildman–Crippen LogP) is 5.73. The van der Waals surface area contributed by atoms with Crippen LogP contribution in [0.5, 0.6) is 5.75 Å². The van der Waals surface area contributed by atoms with E-state index in [0.717, 1.165) is 43.9 Å². The lowest BCUT2D eigenvalue weighted by molar-refractivity contribution is -0.137. The standard InChI is InChI=1S/C24H29F3N2O4S/c1-17(2)29(23(30)28-20-10-4-3-5-11-20)16-18-8-6-12-21(14-18)33-34(31,32)22-13-7-9-19(15-22)24(25,26)27/h6-9,12-15,17,20H,3-5,10-11,16H2,1-2H3,(H,28,30). The summed E-state index contributed by atoms with van der Waals surface area (Å²) in [5.74, 6) is -0.0497. The largest absolute Gasteiger partial charge is 0.416 e. The molecular formula is C24H29F3N2O4S. The summed E-state index contributed by atoms with van der Waals surface area (Å²) in [6.45, 7) is 3.99. The van der Waals surface area contributed by atoms with Crippen LogP contribution in [0, 0.1) is 0 Å². The van der Waals surface area contributed by atoms with Crippen molar-refractivity contribution in [1.29, 1.82) is 0 Å². The molecule has 0 aliphatic heterocycles. The lowest BCUT2D eigenvalue weighted by Crippen LogP contribution is -2.47. The maximum Gasteiger partial charge on any atom is 0.416 e. The van der Waals surface area contributed by atoms with E-state index in [-0.39, 0.29) is 30.4 Å². The molecule has 2 aromatic rings. The first-order valence-electron chi connectivity index (χ1n) is 11.2. The fraction of sp³-hybridized carbons (Fsp3) is 0.458. The molecule has 0 aromatic heterocycles. The van der Waals surface area contributed by atoms with Gasteiger partial charge in [-0.3, -0.25) is 0 Å². The molecule has 2 amide bonds. The molecule has 1 N–H and O–H groups in total. The molecular weight excluding hydrogens is 469 g/mol. The summed E-state index contributed by atoms with van der Waals surface area (Å²) in [7, 11) is -4.49. The van der Waals surface area contributed by atoms with E-state index in [9.17, 15) is 26.4 Å². The van der Waals surface area contributed by atoms with Crippen molar-refractivity contribution in [2.45, 2.75) is 75.7 Å². The van der Waals surface area contributed by atoms with Gasteiger partial charge in [-0.25, -0.2) is 4.79 Å². The second-order valence-electron chi connectivity index (χ2n) is 8.72. The number of benzene rings is 2. The van der Waals surface area contributed by atoms with Gasteiger partial charge in [-0.05, 0) is 62.6 Å². The Labute approximate surface area is 198 Å². The third kappa shape index (κ3) is 6.88. The Hall–Kier alpha value is -2.75. The Bertz CT molecular complexity index is 1100. The number of carbonyl (C=O) groups is 1. The lowest BCUT2D eigenvalue weighted by Gasteiger charge is -2.31. The van der Waals surface area contributed by atoms with Gasteiger partial charge in [0.15, 0.2) is 0 Å². The molecule has 10 heteroatoms. The molecule has 0 heterocycles. The molecule has 0 atom stereocenters. The number of carbonyl (C=O) groups excluding carboxylic acids is 1. The highest BCUT2D eigenvalue weighted by Gasteiger charge is 2.32. The average molecular weight is 499 g/mol. The molecule has 1 aliphatic rings. The van der Waals surface area contributed by atoms with Crippen molar-refractivity contribution in [1.82, 2.24) is 10.2 Å². The van der Waals surface area contributed by atoms with E-state index in [0.29, 0.717) is 11.6 Å². The highest BCUT2D eigenvalue weighted by Crippen LogP contribution is 2.31. The molecule has 1 aliphatic carbocycles. The SMILES string of the molecule is CC(C)N(Cc1cccc(OS(=O)(=O)c2cccc(C(F)(F)F)c2)c1)C(=O)NC1CCCCC1. The van der Waals surface area contributed by atoms with Gasteiger partial charge in [0.2, 0.25) is 0 Å². The van der Waals surface area contributed by atoms with Crippen molar-refractivity contribution in [2.75, 3.05) is 0 Å². The Morgan fingerprint density at radius 3 is 2.41 bits per heavy atom. The second kappa shape index (κ2) is 10.7. The third-order valence-corrected chi connectivity index (χ3v) is 6.97. The van der Waals surface area contributed by atoms with Gasteiger partial charge in [0.25, 0.3) is 0 Å². The van der Waals surface area contributed by atoms with E-state index >= 15 is 0 Å². The van der Waals surface area contributed by atoms with Crippen LogP contribution in [0.25, 0.3) is 0 Å². The van der Waals surface area contributed by atoms with Crippen molar-refractivity contribution >= 4 is 16.1 Å². The van der Waals surface area contributed by atoms with E-state index in [4.69, 9.17) is 4.18 Å². The summed E-state index contributed by atoms with van der Waals surface area (Å²) in [6, 6.07) is 9.41.